The molecule has 1 saturated carbocycles. The van der Waals surface area contributed by atoms with E-state index in [9.17, 15) is 0 Å². The van der Waals surface area contributed by atoms with Crippen molar-refractivity contribution in [3.8, 4) is 0 Å². The van der Waals surface area contributed by atoms with Crippen LogP contribution in [0.4, 0.5) is 0 Å². The first-order chi connectivity index (χ1) is 5.44. The predicted octanol–water partition coefficient (Wildman–Crippen LogP) is 4.10. The number of hydrogen-bond acceptors (Lipinski definition) is 0. The molecule has 0 amide bonds. The van der Waals surface area contributed by atoms with Gasteiger partial charge < -0.3 is 0 Å². The largest absolute Gasteiger partial charge is 0.0648 e. The lowest BCUT2D eigenvalue weighted by atomic mass is 9.92. The van der Waals surface area contributed by atoms with E-state index in [2.05, 4.69) is 41.5 Å². The Morgan fingerprint density at radius 2 is 1.33 bits per heavy atom. The minimum absolute atomic E-state index is 0.635. The fourth-order valence-electron chi connectivity index (χ4n) is 3.72. The first kappa shape index (κ1) is 10.1. The van der Waals surface area contributed by atoms with E-state index in [1.165, 1.54) is 12.8 Å². The predicted molar refractivity (Wildman–Crippen MR) is 55.1 cm³/mol. The van der Waals surface area contributed by atoms with E-state index in [1.807, 2.05) is 0 Å². The fraction of sp³-hybridized carbons (Fsp3) is 1.00. The highest BCUT2D eigenvalue weighted by atomic mass is 14.7. The van der Waals surface area contributed by atoms with Crippen LogP contribution in [0.1, 0.15) is 54.4 Å². The van der Waals surface area contributed by atoms with Crippen molar-refractivity contribution in [1.82, 2.24) is 0 Å². The van der Waals surface area contributed by atoms with Gasteiger partial charge in [-0.25, -0.2) is 0 Å². The molecule has 0 aliphatic heterocycles. The first-order valence-corrected chi connectivity index (χ1v) is 5.44. The molecule has 0 heteroatoms. The molecule has 1 rings (SSSR count). The van der Waals surface area contributed by atoms with Crippen molar-refractivity contribution >= 4 is 0 Å². The van der Waals surface area contributed by atoms with Gasteiger partial charge in [-0.15, -0.1) is 0 Å². The molecule has 0 radical (unpaired) electrons. The molecular formula is C12H24. The Hall–Kier alpha value is 0. The van der Waals surface area contributed by atoms with Crippen LogP contribution in [0.25, 0.3) is 0 Å². The van der Waals surface area contributed by atoms with Gasteiger partial charge in [0.05, 0.1) is 0 Å². The average molecular weight is 168 g/mol. The summed E-state index contributed by atoms with van der Waals surface area (Å²) in [5.74, 6) is 1.82. The molecule has 0 spiro atoms. The molecule has 1 aliphatic carbocycles. The van der Waals surface area contributed by atoms with Gasteiger partial charge in [-0.05, 0) is 35.5 Å². The van der Waals surface area contributed by atoms with Gasteiger partial charge in [-0.2, -0.15) is 0 Å². The first-order valence-electron chi connectivity index (χ1n) is 5.44. The van der Waals surface area contributed by atoms with Crippen LogP contribution >= 0.6 is 0 Å². The Morgan fingerprint density at radius 3 is 1.42 bits per heavy atom. The molecule has 0 aromatic heterocycles. The minimum Gasteiger partial charge on any atom is -0.0648 e. The summed E-state index contributed by atoms with van der Waals surface area (Å²) < 4.78 is 0. The summed E-state index contributed by atoms with van der Waals surface area (Å²) in [5, 5.41) is 0. The summed E-state index contributed by atoms with van der Waals surface area (Å²) in [6.07, 6.45) is 2.69. The fourth-order valence-corrected chi connectivity index (χ4v) is 3.72. The number of rotatable bonds is 3. The molecule has 0 bridgehead atoms. The highest BCUT2D eigenvalue weighted by Crippen LogP contribution is 2.74. The van der Waals surface area contributed by atoms with Gasteiger partial charge in [0.1, 0.15) is 0 Å². The summed E-state index contributed by atoms with van der Waals surface area (Å²) in [6.45, 7) is 14.4. The third-order valence-electron chi connectivity index (χ3n) is 4.73. The second kappa shape index (κ2) is 2.75. The molecule has 0 N–H and O–H groups in total. The average Bonchev–Trinajstić information content (AvgIpc) is 2.51. The van der Waals surface area contributed by atoms with Crippen molar-refractivity contribution < 1.29 is 0 Å². The van der Waals surface area contributed by atoms with Crippen LogP contribution in [0.5, 0.6) is 0 Å². The highest BCUT2D eigenvalue weighted by molar-refractivity contribution is 5.16. The normalized spacial score (nSPS) is 46.8. The Balaban J connectivity index is 2.80. The van der Waals surface area contributed by atoms with Crippen LogP contribution in [0, 0.1) is 22.7 Å². The molecular weight excluding hydrogens is 144 g/mol. The smallest absolute Gasteiger partial charge is 0.0236 e. The highest BCUT2D eigenvalue weighted by Gasteiger charge is 2.68. The molecule has 0 aromatic carbocycles. The van der Waals surface area contributed by atoms with Crippen molar-refractivity contribution in [2.24, 2.45) is 22.7 Å². The van der Waals surface area contributed by atoms with E-state index >= 15 is 0 Å². The summed E-state index contributed by atoms with van der Waals surface area (Å²) in [6, 6.07) is 0. The van der Waals surface area contributed by atoms with Crippen LogP contribution in [-0.2, 0) is 0 Å². The molecule has 0 saturated heterocycles. The molecule has 0 aromatic rings. The zero-order valence-corrected chi connectivity index (χ0v) is 9.57. The van der Waals surface area contributed by atoms with Crippen LogP contribution in [0.3, 0.4) is 0 Å². The van der Waals surface area contributed by atoms with Crippen molar-refractivity contribution in [3.63, 3.8) is 0 Å². The van der Waals surface area contributed by atoms with Crippen LogP contribution < -0.4 is 0 Å². The van der Waals surface area contributed by atoms with Gasteiger partial charge >= 0.3 is 0 Å². The van der Waals surface area contributed by atoms with E-state index in [0.29, 0.717) is 10.8 Å². The number of hydrogen-bond donors (Lipinski definition) is 0. The van der Waals surface area contributed by atoms with Crippen molar-refractivity contribution in [3.05, 3.63) is 0 Å². The Bertz CT molecular complexity index is 155. The second-order valence-corrected chi connectivity index (χ2v) is 5.26. The lowest BCUT2D eigenvalue weighted by molar-refractivity contribution is 0.367. The summed E-state index contributed by atoms with van der Waals surface area (Å²) in [7, 11) is 0. The Labute approximate surface area is 77.7 Å². The van der Waals surface area contributed by atoms with E-state index in [-0.39, 0.29) is 0 Å². The van der Waals surface area contributed by atoms with Gasteiger partial charge in [-0.3, -0.25) is 0 Å². The van der Waals surface area contributed by atoms with Crippen LogP contribution in [-0.4, -0.2) is 0 Å². The molecule has 12 heavy (non-hydrogen) atoms. The summed E-state index contributed by atoms with van der Waals surface area (Å²) in [4.78, 5) is 0. The molecule has 2 unspecified atom stereocenters. The monoisotopic (exact) mass is 168 g/mol. The van der Waals surface area contributed by atoms with Crippen LogP contribution in [0.2, 0.25) is 0 Å². The SMILES string of the molecule is CCC1(C)C(C(C)C)C1(C)CC. The Morgan fingerprint density at radius 1 is 1.00 bits per heavy atom. The van der Waals surface area contributed by atoms with E-state index in [1.54, 1.807) is 0 Å². The topological polar surface area (TPSA) is 0 Å². The van der Waals surface area contributed by atoms with Gasteiger partial charge in [0.15, 0.2) is 0 Å². The maximum absolute atomic E-state index is 2.47. The van der Waals surface area contributed by atoms with Gasteiger partial charge in [0.2, 0.25) is 0 Å². The Kier molecular flexibility index (Phi) is 2.31. The van der Waals surface area contributed by atoms with Crippen molar-refractivity contribution in [1.29, 1.82) is 0 Å². The lowest BCUT2D eigenvalue weighted by Crippen LogP contribution is -2.04. The third-order valence-corrected chi connectivity index (χ3v) is 4.73. The zero-order chi connectivity index (χ0) is 9.57. The second-order valence-electron chi connectivity index (χ2n) is 5.26. The quantitative estimate of drug-likeness (QED) is 0.595. The van der Waals surface area contributed by atoms with Gasteiger partial charge in [0, 0.05) is 0 Å². The molecule has 1 fully saturated rings. The maximum Gasteiger partial charge on any atom is -0.0236 e. The molecule has 2 atom stereocenters. The van der Waals surface area contributed by atoms with Crippen LogP contribution in [0.15, 0.2) is 0 Å². The summed E-state index contributed by atoms with van der Waals surface area (Å²) in [5.41, 5.74) is 1.27. The molecule has 0 heterocycles. The van der Waals surface area contributed by atoms with E-state index in [4.69, 9.17) is 0 Å². The van der Waals surface area contributed by atoms with Crippen molar-refractivity contribution in [2.75, 3.05) is 0 Å². The standard InChI is InChI=1S/C12H24/c1-7-11(5)10(9(3)4)12(11,6)8-2/h9-10H,7-8H2,1-6H3. The van der Waals surface area contributed by atoms with Crippen molar-refractivity contribution in [2.45, 2.75) is 54.4 Å². The molecule has 0 nitrogen and oxygen atoms in total. The maximum atomic E-state index is 2.47. The third kappa shape index (κ3) is 0.963. The molecule has 72 valence electrons. The lowest BCUT2D eigenvalue weighted by Gasteiger charge is -2.13. The minimum atomic E-state index is 0.635. The zero-order valence-electron chi connectivity index (χ0n) is 9.57. The summed E-state index contributed by atoms with van der Waals surface area (Å²) >= 11 is 0. The molecule has 1 aliphatic rings. The van der Waals surface area contributed by atoms with E-state index in [0.717, 1.165) is 11.8 Å². The van der Waals surface area contributed by atoms with E-state index < -0.39 is 0 Å². The van der Waals surface area contributed by atoms with Gasteiger partial charge in [0.25, 0.3) is 0 Å². The van der Waals surface area contributed by atoms with Gasteiger partial charge in [-0.1, -0.05) is 41.5 Å².